The van der Waals surface area contributed by atoms with Gasteiger partial charge in [0.05, 0.1) is 0 Å². The SMILES string of the molecule is CCCC(CC)Cc1cc(NC(=O)NCc2ccc3c(c2)CN(C2CCC(=O)NC2=O)C3=O)ccc1C. The minimum atomic E-state index is -0.640. The molecular formula is C29H36N4O4. The lowest BCUT2D eigenvalue weighted by Crippen LogP contribution is -2.52. The summed E-state index contributed by atoms with van der Waals surface area (Å²) < 4.78 is 0. The zero-order valence-corrected chi connectivity index (χ0v) is 21.9. The highest BCUT2D eigenvalue weighted by atomic mass is 16.2. The number of anilines is 1. The molecule has 4 rings (SSSR count). The summed E-state index contributed by atoms with van der Waals surface area (Å²) in [6.07, 6.45) is 5.08. The first kappa shape index (κ1) is 26.4. The number of nitrogens with one attached hydrogen (secondary N) is 3. The third-order valence-electron chi connectivity index (χ3n) is 7.43. The average molecular weight is 505 g/mol. The minimum Gasteiger partial charge on any atom is -0.334 e. The second kappa shape index (κ2) is 11.6. The maximum absolute atomic E-state index is 12.9. The van der Waals surface area contributed by atoms with E-state index < -0.39 is 11.9 Å². The molecule has 37 heavy (non-hydrogen) atoms. The van der Waals surface area contributed by atoms with Crippen LogP contribution in [0.2, 0.25) is 0 Å². The van der Waals surface area contributed by atoms with E-state index in [-0.39, 0.29) is 24.3 Å². The van der Waals surface area contributed by atoms with Crippen LogP contribution >= 0.6 is 0 Å². The van der Waals surface area contributed by atoms with Gasteiger partial charge in [0.2, 0.25) is 11.8 Å². The van der Waals surface area contributed by atoms with E-state index in [1.165, 1.54) is 28.9 Å². The van der Waals surface area contributed by atoms with E-state index in [4.69, 9.17) is 0 Å². The second-order valence-electron chi connectivity index (χ2n) is 10.1. The number of aryl methyl sites for hydroxylation is 1. The number of amides is 5. The summed E-state index contributed by atoms with van der Waals surface area (Å²) >= 11 is 0. The van der Waals surface area contributed by atoms with E-state index in [2.05, 4.69) is 48.9 Å². The Morgan fingerprint density at radius 1 is 1.14 bits per heavy atom. The van der Waals surface area contributed by atoms with Crippen LogP contribution in [0.5, 0.6) is 0 Å². The predicted molar refractivity (Wildman–Crippen MR) is 142 cm³/mol. The molecule has 1 saturated heterocycles. The van der Waals surface area contributed by atoms with E-state index in [9.17, 15) is 19.2 Å². The first-order valence-corrected chi connectivity index (χ1v) is 13.2. The monoisotopic (exact) mass is 504 g/mol. The van der Waals surface area contributed by atoms with E-state index in [0.717, 1.165) is 29.7 Å². The fourth-order valence-electron chi connectivity index (χ4n) is 5.23. The number of fused-ring (bicyclic) bond motifs is 1. The molecule has 0 aromatic heterocycles. The van der Waals surface area contributed by atoms with Gasteiger partial charge in [-0.3, -0.25) is 19.7 Å². The van der Waals surface area contributed by atoms with Gasteiger partial charge in [0.15, 0.2) is 0 Å². The Bertz CT molecular complexity index is 1210. The van der Waals surface area contributed by atoms with Crippen LogP contribution in [0.15, 0.2) is 36.4 Å². The van der Waals surface area contributed by atoms with Crippen molar-refractivity contribution in [2.45, 2.75) is 78.4 Å². The van der Waals surface area contributed by atoms with Crippen molar-refractivity contribution in [1.29, 1.82) is 0 Å². The van der Waals surface area contributed by atoms with Crippen LogP contribution in [0.1, 0.15) is 78.6 Å². The Morgan fingerprint density at radius 3 is 2.68 bits per heavy atom. The lowest BCUT2D eigenvalue weighted by Gasteiger charge is -2.29. The van der Waals surface area contributed by atoms with Gasteiger partial charge in [0, 0.05) is 30.8 Å². The van der Waals surface area contributed by atoms with Crippen molar-refractivity contribution in [2.24, 2.45) is 5.92 Å². The standard InChI is InChI=1S/C29H36N4O4/c1-4-6-19(5-2)13-21-15-23(9-7-18(21)3)31-29(37)30-16-20-8-10-24-22(14-20)17-33(28(24)36)25-11-12-26(34)32-27(25)35/h7-10,14-15,19,25H,4-6,11-13,16-17H2,1-3H3,(H2,30,31,37)(H,32,34,35). The third kappa shape index (κ3) is 6.18. The van der Waals surface area contributed by atoms with Crippen LogP contribution in [0.3, 0.4) is 0 Å². The van der Waals surface area contributed by atoms with Gasteiger partial charge < -0.3 is 15.5 Å². The Hall–Kier alpha value is -3.68. The Kier molecular flexibility index (Phi) is 8.26. The van der Waals surface area contributed by atoms with Gasteiger partial charge in [-0.05, 0) is 66.1 Å². The molecule has 0 bridgehead atoms. The molecule has 2 aliphatic heterocycles. The lowest BCUT2D eigenvalue weighted by atomic mass is 9.90. The van der Waals surface area contributed by atoms with Gasteiger partial charge in [0.25, 0.3) is 5.91 Å². The number of nitrogens with zero attached hydrogens (tertiary/aromatic N) is 1. The number of piperidine rings is 1. The number of benzene rings is 2. The maximum Gasteiger partial charge on any atom is 0.319 e. The number of urea groups is 1. The number of hydrogen-bond donors (Lipinski definition) is 3. The average Bonchev–Trinajstić information content (AvgIpc) is 3.19. The molecule has 0 spiro atoms. The molecule has 8 heteroatoms. The summed E-state index contributed by atoms with van der Waals surface area (Å²) in [5, 5.41) is 8.14. The fraction of sp³-hybridized carbons (Fsp3) is 0.448. The summed E-state index contributed by atoms with van der Waals surface area (Å²) in [4.78, 5) is 50.7. The van der Waals surface area contributed by atoms with Crippen molar-refractivity contribution in [2.75, 3.05) is 5.32 Å². The third-order valence-corrected chi connectivity index (χ3v) is 7.43. The molecule has 2 heterocycles. The molecule has 2 unspecified atom stereocenters. The maximum atomic E-state index is 12.9. The van der Waals surface area contributed by atoms with E-state index in [1.807, 2.05) is 18.2 Å². The normalized spacial score (nSPS) is 17.9. The van der Waals surface area contributed by atoms with Crippen LogP contribution in [-0.2, 0) is 29.1 Å². The van der Waals surface area contributed by atoms with E-state index >= 15 is 0 Å². The van der Waals surface area contributed by atoms with Crippen molar-refractivity contribution in [3.8, 4) is 0 Å². The van der Waals surface area contributed by atoms with Crippen molar-refractivity contribution < 1.29 is 19.2 Å². The highest BCUT2D eigenvalue weighted by Crippen LogP contribution is 2.28. The summed E-state index contributed by atoms with van der Waals surface area (Å²) in [7, 11) is 0. The van der Waals surface area contributed by atoms with Crippen LogP contribution in [-0.4, -0.2) is 34.7 Å². The molecule has 2 atom stereocenters. The Labute approximate surface area is 218 Å². The summed E-state index contributed by atoms with van der Waals surface area (Å²) in [6, 6.07) is 10.5. The molecule has 3 N–H and O–H groups in total. The van der Waals surface area contributed by atoms with Crippen molar-refractivity contribution in [1.82, 2.24) is 15.5 Å². The van der Waals surface area contributed by atoms with Crippen LogP contribution in [0.4, 0.5) is 10.5 Å². The van der Waals surface area contributed by atoms with Crippen LogP contribution < -0.4 is 16.0 Å². The van der Waals surface area contributed by atoms with Gasteiger partial charge in [-0.25, -0.2) is 4.79 Å². The highest BCUT2D eigenvalue weighted by molar-refractivity contribution is 6.05. The minimum absolute atomic E-state index is 0.207. The number of imide groups is 1. The summed E-state index contributed by atoms with van der Waals surface area (Å²) in [5.74, 6) is -0.294. The van der Waals surface area contributed by atoms with E-state index in [0.29, 0.717) is 31.0 Å². The largest absolute Gasteiger partial charge is 0.334 e. The molecule has 5 amide bonds. The van der Waals surface area contributed by atoms with Crippen molar-refractivity contribution >= 4 is 29.4 Å². The van der Waals surface area contributed by atoms with Crippen molar-refractivity contribution in [3.05, 3.63) is 64.2 Å². The second-order valence-corrected chi connectivity index (χ2v) is 10.1. The fourth-order valence-corrected chi connectivity index (χ4v) is 5.23. The van der Waals surface area contributed by atoms with Gasteiger partial charge >= 0.3 is 6.03 Å². The summed E-state index contributed by atoms with van der Waals surface area (Å²) in [6.45, 7) is 7.16. The lowest BCUT2D eigenvalue weighted by molar-refractivity contribution is -0.136. The van der Waals surface area contributed by atoms with Gasteiger partial charge in [0.1, 0.15) is 6.04 Å². The Morgan fingerprint density at radius 2 is 1.95 bits per heavy atom. The molecule has 2 aromatic rings. The first-order valence-electron chi connectivity index (χ1n) is 13.2. The number of rotatable bonds is 9. The quantitative estimate of drug-likeness (QED) is 0.439. The highest BCUT2D eigenvalue weighted by Gasteiger charge is 2.39. The van der Waals surface area contributed by atoms with Gasteiger partial charge in [-0.2, -0.15) is 0 Å². The van der Waals surface area contributed by atoms with Crippen molar-refractivity contribution in [3.63, 3.8) is 0 Å². The smallest absolute Gasteiger partial charge is 0.319 e. The molecule has 2 aliphatic rings. The summed E-state index contributed by atoms with van der Waals surface area (Å²) in [5.41, 5.74) is 5.50. The van der Waals surface area contributed by atoms with Crippen LogP contribution in [0.25, 0.3) is 0 Å². The molecular weight excluding hydrogens is 468 g/mol. The predicted octanol–water partition coefficient (Wildman–Crippen LogP) is 4.45. The number of carbonyl (C=O) groups is 4. The molecule has 196 valence electrons. The Balaban J connectivity index is 1.34. The molecule has 0 aliphatic carbocycles. The van der Waals surface area contributed by atoms with Gasteiger partial charge in [-0.1, -0.05) is 51.3 Å². The van der Waals surface area contributed by atoms with E-state index in [1.54, 1.807) is 6.07 Å². The molecule has 2 aromatic carbocycles. The zero-order chi connectivity index (χ0) is 26.5. The molecule has 0 radical (unpaired) electrons. The molecule has 0 saturated carbocycles. The zero-order valence-electron chi connectivity index (χ0n) is 21.9. The number of hydrogen-bond acceptors (Lipinski definition) is 4. The number of carbonyl (C=O) groups excluding carboxylic acids is 4. The topological polar surface area (TPSA) is 108 Å². The van der Waals surface area contributed by atoms with Gasteiger partial charge in [-0.15, -0.1) is 0 Å². The molecule has 1 fully saturated rings. The molecule has 8 nitrogen and oxygen atoms in total. The first-order chi connectivity index (χ1) is 17.8. The van der Waals surface area contributed by atoms with Crippen LogP contribution in [0, 0.1) is 12.8 Å².